The van der Waals surface area contributed by atoms with Gasteiger partial charge in [0.05, 0.1) is 23.2 Å². The number of ether oxygens (including phenoxy) is 1. The Labute approximate surface area is 188 Å². The number of fused-ring (bicyclic) bond motifs is 1. The fraction of sp³-hybridized carbons (Fsp3) is 0.200. The molecule has 0 atom stereocenters. The Morgan fingerprint density at radius 1 is 1.03 bits per heavy atom. The molecule has 0 amide bonds. The molecule has 0 saturated heterocycles. The number of rotatable bonds is 7. The zero-order valence-corrected chi connectivity index (χ0v) is 17.8. The molecule has 1 N–H and O–H groups in total. The van der Waals surface area contributed by atoms with Crippen molar-refractivity contribution in [2.75, 3.05) is 6.61 Å². The zero-order chi connectivity index (χ0) is 23.6. The van der Waals surface area contributed by atoms with E-state index >= 15 is 0 Å². The van der Waals surface area contributed by atoms with Crippen LogP contribution in [0.1, 0.15) is 39.8 Å². The highest BCUT2D eigenvalue weighted by Gasteiger charge is 2.30. The Kier molecular flexibility index (Phi) is 6.09. The SMILES string of the molecule is CCOc1cc(Cc2nc3ccccc3n2Cc2cccc(C(F)(F)F)c2)ccc1C(=O)O. The van der Waals surface area contributed by atoms with Crippen molar-refractivity contribution >= 4 is 17.0 Å². The molecule has 0 fully saturated rings. The van der Waals surface area contributed by atoms with E-state index in [0.717, 1.165) is 28.7 Å². The first kappa shape index (κ1) is 22.4. The Morgan fingerprint density at radius 3 is 2.55 bits per heavy atom. The van der Waals surface area contributed by atoms with Gasteiger partial charge < -0.3 is 14.4 Å². The number of imidazole rings is 1. The van der Waals surface area contributed by atoms with Crippen LogP contribution in [0.2, 0.25) is 0 Å². The monoisotopic (exact) mass is 454 g/mol. The van der Waals surface area contributed by atoms with Crippen LogP contribution in [-0.4, -0.2) is 27.2 Å². The highest BCUT2D eigenvalue weighted by molar-refractivity contribution is 5.91. The number of hydrogen-bond acceptors (Lipinski definition) is 3. The molecular formula is C25H21F3N2O3. The van der Waals surface area contributed by atoms with Crippen LogP contribution in [-0.2, 0) is 19.1 Å². The van der Waals surface area contributed by atoms with Crippen molar-refractivity contribution in [2.45, 2.75) is 26.1 Å². The fourth-order valence-corrected chi connectivity index (χ4v) is 3.78. The van der Waals surface area contributed by atoms with E-state index in [9.17, 15) is 23.1 Å². The maximum Gasteiger partial charge on any atom is 0.416 e. The van der Waals surface area contributed by atoms with Crippen LogP contribution in [0.3, 0.4) is 0 Å². The summed E-state index contributed by atoms with van der Waals surface area (Å²) in [6, 6.07) is 17.5. The molecule has 0 radical (unpaired) electrons. The van der Waals surface area contributed by atoms with E-state index in [-0.39, 0.29) is 17.9 Å². The van der Waals surface area contributed by atoms with Crippen LogP contribution in [0.5, 0.6) is 5.75 Å². The molecule has 0 spiro atoms. The van der Waals surface area contributed by atoms with Crippen molar-refractivity contribution in [3.8, 4) is 5.75 Å². The van der Waals surface area contributed by atoms with Gasteiger partial charge in [0.2, 0.25) is 0 Å². The molecule has 0 aliphatic carbocycles. The molecule has 0 aliphatic heterocycles. The van der Waals surface area contributed by atoms with Gasteiger partial charge in [-0.15, -0.1) is 0 Å². The molecule has 0 saturated carbocycles. The van der Waals surface area contributed by atoms with E-state index in [1.54, 1.807) is 25.1 Å². The number of alkyl halides is 3. The summed E-state index contributed by atoms with van der Waals surface area (Å²) in [5, 5.41) is 9.38. The third-order valence-electron chi connectivity index (χ3n) is 5.27. The van der Waals surface area contributed by atoms with Crippen molar-refractivity contribution in [2.24, 2.45) is 0 Å². The van der Waals surface area contributed by atoms with Crippen LogP contribution in [0, 0.1) is 0 Å². The van der Waals surface area contributed by atoms with Gasteiger partial charge in [0, 0.05) is 13.0 Å². The van der Waals surface area contributed by atoms with E-state index in [1.807, 2.05) is 28.8 Å². The fourth-order valence-electron chi connectivity index (χ4n) is 3.78. The normalized spacial score (nSPS) is 11.6. The summed E-state index contributed by atoms with van der Waals surface area (Å²) >= 11 is 0. The van der Waals surface area contributed by atoms with Crippen LogP contribution < -0.4 is 4.74 Å². The Morgan fingerprint density at radius 2 is 1.82 bits per heavy atom. The lowest BCUT2D eigenvalue weighted by atomic mass is 10.1. The number of halogens is 3. The summed E-state index contributed by atoms with van der Waals surface area (Å²) in [6.07, 6.45) is -4.06. The molecule has 1 heterocycles. The largest absolute Gasteiger partial charge is 0.493 e. The second-order valence-corrected chi connectivity index (χ2v) is 7.55. The second-order valence-electron chi connectivity index (χ2n) is 7.55. The number of carboxylic acids is 1. The molecule has 8 heteroatoms. The average molecular weight is 454 g/mol. The predicted octanol–water partition coefficient (Wildman–Crippen LogP) is 5.79. The van der Waals surface area contributed by atoms with E-state index in [2.05, 4.69) is 0 Å². The maximum atomic E-state index is 13.2. The quantitative estimate of drug-likeness (QED) is 0.384. The van der Waals surface area contributed by atoms with E-state index in [0.29, 0.717) is 24.4 Å². The molecule has 170 valence electrons. The number of aromatic nitrogens is 2. The molecular weight excluding hydrogens is 433 g/mol. The summed E-state index contributed by atoms with van der Waals surface area (Å²) in [4.78, 5) is 16.2. The van der Waals surface area contributed by atoms with Gasteiger partial charge in [-0.25, -0.2) is 9.78 Å². The van der Waals surface area contributed by atoms with Crippen LogP contribution in [0.25, 0.3) is 11.0 Å². The lowest BCUT2D eigenvalue weighted by Crippen LogP contribution is -2.09. The molecule has 4 aromatic rings. The van der Waals surface area contributed by atoms with E-state index < -0.39 is 17.7 Å². The molecule has 0 unspecified atom stereocenters. The van der Waals surface area contributed by atoms with Gasteiger partial charge >= 0.3 is 12.1 Å². The summed E-state index contributed by atoms with van der Waals surface area (Å²) in [5.41, 5.74) is 2.19. The molecule has 4 rings (SSSR count). The van der Waals surface area contributed by atoms with Gasteiger partial charge in [-0.2, -0.15) is 13.2 Å². The Bertz CT molecular complexity index is 1310. The van der Waals surface area contributed by atoms with Gasteiger partial charge in [-0.05, 0) is 54.4 Å². The average Bonchev–Trinajstić information content (AvgIpc) is 3.10. The topological polar surface area (TPSA) is 64.4 Å². The first-order chi connectivity index (χ1) is 15.8. The number of carboxylic acid groups (broad SMARTS) is 1. The lowest BCUT2D eigenvalue weighted by Gasteiger charge is -2.13. The summed E-state index contributed by atoms with van der Waals surface area (Å²) in [7, 11) is 0. The van der Waals surface area contributed by atoms with Crippen LogP contribution >= 0.6 is 0 Å². The number of nitrogens with zero attached hydrogens (tertiary/aromatic N) is 2. The van der Waals surface area contributed by atoms with Crippen molar-refractivity contribution in [3.63, 3.8) is 0 Å². The van der Waals surface area contributed by atoms with Crippen molar-refractivity contribution < 1.29 is 27.8 Å². The van der Waals surface area contributed by atoms with E-state index in [1.165, 1.54) is 12.1 Å². The summed E-state index contributed by atoms with van der Waals surface area (Å²) in [6.45, 7) is 2.30. The van der Waals surface area contributed by atoms with Crippen LogP contribution in [0.15, 0.2) is 66.7 Å². The highest BCUT2D eigenvalue weighted by Crippen LogP contribution is 2.30. The lowest BCUT2D eigenvalue weighted by molar-refractivity contribution is -0.137. The number of carbonyl (C=O) groups is 1. The Hall–Kier alpha value is -3.81. The number of aromatic carboxylic acids is 1. The molecule has 5 nitrogen and oxygen atoms in total. The molecule has 0 bridgehead atoms. The second kappa shape index (κ2) is 8.97. The zero-order valence-electron chi connectivity index (χ0n) is 17.8. The molecule has 33 heavy (non-hydrogen) atoms. The van der Waals surface area contributed by atoms with Crippen molar-refractivity contribution in [1.82, 2.24) is 9.55 Å². The summed E-state index contributed by atoms with van der Waals surface area (Å²) < 4.78 is 46.9. The van der Waals surface area contributed by atoms with Gasteiger partial charge in [-0.1, -0.05) is 30.3 Å². The highest BCUT2D eigenvalue weighted by atomic mass is 19.4. The third-order valence-corrected chi connectivity index (χ3v) is 5.27. The maximum absolute atomic E-state index is 13.2. The molecule has 0 aliphatic rings. The third kappa shape index (κ3) is 4.84. The minimum atomic E-state index is -4.42. The number of para-hydroxylation sites is 2. The Balaban J connectivity index is 1.73. The number of benzene rings is 3. The van der Waals surface area contributed by atoms with E-state index in [4.69, 9.17) is 9.72 Å². The standard InChI is InChI=1S/C25H21F3N2O3/c1-2-33-22-13-16(10-11-19(22)24(31)32)14-23-29-20-8-3-4-9-21(20)30(23)15-17-6-5-7-18(12-17)25(26,27)28/h3-13H,2,14-15H2,1H3,(H,31,32). The van der Waals surface area contributed by atoms with Crippen molar-refractivity contribution in [3.05, 3.63) is 94.8 Å². The molecule has 1 aromatic heterocycles. The first-order valence-corrected chi connectivity index (χ1v) is 10.4. The van der Waals surface area contributed by atoms with Crippen molar-refractivity contribution in [1.29, 1.82) is 0 Å². The number of hydrogen-bond donors (Lipinski definition) is 1. The van der Waals surface area contributed by atoms with Gasteiger partial charge in [-0.3, -0.25) is 0 Å². The molecule has 3 aromatic carbocycles. The minimum absolute atomic E-state index is 0.0677. The van der Waals surface area contributed by atoms with Gasteiger partial charge in [0.25, 0.3) is 0 Å². The van der Waals surface area contributed by atoms with Crippen LogP contribution in [0.4, 0.5) is 13.2 Å². The van der Waals surface area contributed by atoms with Gasteiger partial charge in [0.15, 0.2) is 0 Å². The van der Waals surface area contributed by atoms with Gasteiger partial charge in [0.1, 0.15) is 17.1 Å². The minimum Gasteiger partial charge on any atom is -0.493 e. The predicted molar refractivity (Wildman–Crippen MR) is 118 cm³/mol. The first-order valence-electron chi connectivity index (χ1n) is 10.4. The summed E-state index contributed by atoms with van der Waals surface area (Å²) in [5.74, 6) is -0.163. The smallest absolute Gasteiger partial charge is 0.416 e.